The summed E-state index contributed by atoms with van der Waals surface area (Å²) >= 11 is 0. The number of aliphatic hydroxyl groups is 1. The third-order valence-electron chi connectivity index (χ3n) is 3.11. The van der Waals surface area contributed by atoms with Crippen LogP contribution in [0.1, 0.15) is 11.3 Å². The Labute approximate surface area is 119 Å². The minimum Gasteiger partial charge on any atom is -0.489 e. The van der Waals surface area contributed by atoms with Crippen LogP contribution < -0.4 is 10.5 Å². The average molecular weight is 272 g/mol. The van der Waals surface area contributed by atoms with E-state index in [0.29, 0.717) is 12.2 Å². The fourth-order valence-electron chi connectivity index (χ4n) is 1.87. The first-order valence-corrected chi connectivity index (χ1v) is 6.68. The Kier molecular flexibility index (Phi) is 5.09. The lowest BCUT2D eigenvalue weighted by Crippen LogP contribution is -2.40. The molecule has 3 N–H and O–H groups in total. The Morgan fingerprint density at radius 3 is 2.60 bits per heavy atom. The third kappa shape index (κ3) is 4.33. The zero-order valence-electron chi connectivity index (χ0n) is 11.6. The number of aliphatic hydroxyl groups excluding tert-OH is 1. The highest BCUT2D eigenvalue weighted by Crippen LogP contribution is 2.10. The summed E-state index contributed by atoms with van der Waals surface area (Å²) in [4.78, 5) is 4.13. The van der Waals surface area contributed by atoms with Crippen molar-refractivity contribution in [3.05, 3.63) is 59.9 Å². The van der Waals surface area contributed by atoms with Crippen molar-refractivity contribution in [2.45, 2.75) is 25.5 Å². The second kappa shape index (κ2) is 7.03. The molecule has 2 atom stereocenters. The van der Waals surface area contributed by atoms with Crippen molar-refractivity contribution in [1.29, 1.82) is 0 Å². The molecule has 4 heteroatoms. The molecule has 0 spiro atoms. The zero-order chi connectivity index (χ0) is 14.4. The molecular weight excluding hydrogens is 252 g/mol. The summed E-state index contributed by atoms with van der Waals surface area (Å²) in [6.45, 7) is 2.08. The van der Waals surface area contributed by atoms with E-state index in [-0.39, 0.29) is 12.6 Å². The van der Waals surface area contributed by atoms with Crippen LogP contribution in [0, 0.1) is 6.92 Å². The lowest BCUT2D eigenvalue weighted by Gasteiger charge is -2.19. The van der Waals surface area contributed by atoms with Gasteiger partial charge in [0.2, 0.25) is 0 Å². The Morgan fingerprint density at radius 2 is 1.95 bits per heavy atom. The van der Waals surface area contributed by atoms with E-state index in [1.54, 1.807) is 6.20 Å². The number of benzene rings is 1. The van der Waals surface area contributed by atoms with Crippen molar-refractivity contribution in [3.63, 3.8) is 0 Å². The molecule has 2 unspecified atom stereocenters. The lowest BCUT2D eigenvalue weighted by molar-refractivity contribution is 0.0850. The first-order valence-electron chi connectivity index (χ1n) is 6.68. The SMILES string of the molecule is Cc1ccc(OCC(O)C(N)Cc2ccccc2)cn1. The van der Waals surface area contributed by atoms with Crippen LogP contribution in [-0.4, -0.2) is 28.8 Å². The molecule has 0 aliphatic rings. The largest absolute Gasteiger partial charge is 0.489 e. The van der Waals surface area contributed by atoms with Crippen LogP contribution in [0.3, 0.4) is 0 Å². The number of hydrogen-bond donors (Lipinski definition) is 2. The molecule has 0 fully saturated rings. The number of aryl methyl sites for hydroxylation is 1. The van der Waals surface area contributed by atoms with Gasteiger partial charge >= 0.3 is 0 Å². The van der Waals surface area contributed by atoms with Gasteiger partial charge in [0.05, 0.1) is 6.20 Å². The van der Waals surface area contributed by atoms with Crippen LogP contribution >= 0.6 is 0 Å². The van der Waals surface area contributed by atoms with E-state index in [4.69, 9.17) is 10.5 Å². The maximum absolute atomic E-state index is 10.0. The summed E-state index contributed by atoms with van der Waals surface area (Å²) in [6.07, 6.45) is 1.55. The fraction of sp³-hybridized carbons (Fsp3) is 0.312. The normalized spacial score (nSPS) is 13.8. The molecule has 1 heterocycles. The number of nitrogens with zero attached hydrogens (tertiary/aromatic N) is 1. The number of aromatic nitrogens is 1. The highest BCUT2D eigenvalue weighted by Gasteiger charge is 2.16. The van der Waals surface area contributed by atoms with Crippen LogP contribution in [-0.2, 0) is 6.42 Å². The van der Waals surface area contributed by atoms with E-state index >= 15 is 0 Å². The van der Waals surface area contributed by atoms with Gasteiger partial charge in [0.15, 0.2) is 0 Å². The molecule has 0 aliphatic heterocycles. The molecule has 0 saturated carbocycles. The van der Waals surface area contributed by atoms with Crippen molar-refractivity contribution < 1.29 is 9.84 Å². The van der Waals surface area contributed by atoms with E-state index in [1.807, 2.05) is 49.4 Å². The summed E-state index contributed by atoms with van der Waals surface area (Å²) in [6, 6.07) is 13.2. The second-order valence-electron chi connectivity index (χ2n) is 4.87. The van der Waals surface area contributed by atoms with Crippen molar-refractivity contribution >= 4 is 0 Å². The number of rotatable bonds is 6. The third-order valence-corrected chi connectivity index (χ3v) is 3.11. The fourth-order valence-corrected chi connectivity index (χ4v) is 1.87. The molecule has 0 radical (unpaired) electrons. The minimum atomic E-state index is -0.712. The topological polar surface area (TPSA) is 68.4 Å². The highest BCUT2D eigenvalue weighted by atomic mass is 16.5. The van der Waals surface area contributed by atoms with E-state index < -0.39 is 6.10 Å². The molecule has 2 aromatic rings. The van der Waals surface area contributed by atoms with Gasteiger partial charge in [0, 0.05) is 11.7 Å². The predicted octanol–water partition coefficient (Wildman–Crippen LogP) is 1.70. The minimum absolute atomic E-state index is 0.165. The highest BCUT2D eigenvalue weighted by molar-refractivity contribution is 5.19. The van der Waals surface area contributed by atoms with Gasteiger partial charge in [-0.05, 0) is 31.0 Å². The molecule has 0 aliphatic carbocycles. The van der Waals surface area contributed by atoms with Crippen molar-refractivity contribution in [1.82, 2.24) is 4.98 Å². The van der Waals surface area contributed by atoms with Gasteiger partial charge in [0.25, 0.3) is 0 Å². The van der Waals surface area contributed by atoms with Crippen molar-refractivity contribution in [3.8, 4) is 5.75 Å². The molecular formula is C16H20N2O2. The van der Waals surface area contributed by atoms with Gasteiger partial charge in [-0.15, -0.1) is 0 Å². The van der Waals surface area contributed by atoms with Crippen LogP contribution in [0.5, 0.6) is 5.75 Å². The van der Waals surface area contributed by atoms with E-state index in [2.05, 4.69) is 4.98 Å². The number of ether oxygens (including phenoxy) is 1. The van der Waals surface area contributed by atoms with Crippen LogP contribution in [0.2, 0.25) is 0 Å². The first kappa shape index (κ1) is 14.5. The summed E-state index contributed by atoms with van der Waals surface area (Å²) in [7, 11) is 0. The molecule has 0 bridgehead atoms. The van der Waals surface area contributed by atoms with Crippen molar-refractivity contribution in [2.24, 2.45) is 5.73 Å². The number of hydrogen-bond acceptors (Lipinski definition) is 4. The Morgan fingerprint density at radius 1 is 1.20 bits per heavy atom. The van der Waals surface area contributed by atoms with Gasteiger partial charge in [-0.1, -0.05) is 30.3 Å². The van der Waals surface area contributed by atoms with Crippen molar-refractivity contribution in [2.75, 3.05) is 6.61 Å². The molecule has 106 valence electrons. The summed E-state index contributed by atoms with van der Waals surface area (Å²) in [5.41, 5.74) is 8.03. The first-order chi connectivity index (χ1) is 9.65. The Hall–Kier alpha value is -1.91. The summed E-state index contributed by atoms with van der Waals surface area (Å²) < 4.78 is 5.49. The van der Waals surface area contributed by atoms with Gasteiger partial charge in [-0.25, -0.2) is 0 Å². The molecule has 0 saturated heterocycles. The van der Waals surface area contributed by atoms with Gasteiger partial charge in [0.1, 0.15) is 18.5 Å². The summed E-state index contributed by atoms with van der Waals surface area (Å²) in [5, 5.41) is 10.0. The molecule has 1 aromatic carbocycles. The Bertz CT molecular complexity index is 514. The predicted molar refractivity (Wildman–Crippen MR) is 78.6 cm³/mol. The second-order valence-corrected chi connectivity index (χ2v) is 4.87. The maximum atomic E-state index is 10.0. The van der Waals surface area contributed by atoms with Crippen LogP contribution in [0.15, 0.2) is 48.7 Å². The Balaban J connectivity index is 1.82. The molecule has 2 rings (SSSR count). The molecule has 0 amide bonds. The van der Waals surface area contributed by atoms with Crippen LogP contribution in [0.4, 0.5) is 0 Å². The average Bonchev–Trinajstić information content (AvgIpc) is 2.47. The molecule has 1 aromatic heterocycles. The summed E-state index contributed by atoms with van der Waals surface area (Å²) in [5.74, 6) is 0.640. The number of nitrogens with two attached hydrogens (primary N) is 1. The van der Waals surface area contributed by atoms with E-state index in [0.717, 1.165) is 11.3 Å². The van der Waals surface area contributed by atoms with Gasteiger partial charge in [-0.2, -0.15) is 0 Å². The quantitative estimate of drug-likeness (QED) is 0.840. The monoisotopic (exact) mass is 272 g/mol. The van der Waals surface area contributed by atoms with Crippen LogP contribution in [0.25, 0.3) is 0 Å². The molecule has 20 heavy (non-hydrogen) atoms. The lowest BCUT2D eigenvalue weighted by atomic mass is 10.0. The standard InChI is InChI=1S/C16H20N2O2/c1-12-7-8-14(10-18-12)20-11-16(19)15(17)9-13-5-3-2-4-6-13/h2-8,10,15-16,19H,9,11,17H2,1H3. The van der Waals surface area contributed by atoms with Gasteiger partial charge < -0.3 is 15.6 Å². The van der Waals surface area contributed by atoms with E-state index in [1.165, 1.54) is 0 Å². The molecule has 4 nitrogen and oxygen atoms in total. The zero-order valence-corrected chi connectivity index (χ0v) is 11.6. The smallest absolute Gasteiger partial charge is 0.137 e. The maximum Gasteiger partial charge on any atom is 0.137 e. The van der Waals surface area contributed by atoms with Gasteiger partial charge in [-0.3, -0.25) is 4.98 Å². The van der Waals surface area contributed by atoms with E-state index in [9.17, 15) is 5.11 Å². The number of pyridine rings is 1.